The van der Waals surface area contributed by atoms with Crippen molar-refractivity contribution in [3.05, 3.63) is 29.3 Å². The molecule has 1 heterocycles. The molecule has 1 N–H and O–H groups in total. The lowest BCUT2D eigenvalue weighted by Gasteiger charge is -2.20. The van der Waals surface area contributed by atoms with Crippen LogP contribution < -0.4 is 5.32 Å². The minimum atomic E-state index is -0.478. The summed E-state index contributed by atoms with van der Waals surface area (Å²) in [5.74, 6) is -0.404. The molecule has 23 heavy (non-hydrogen) atoms. The number of fused-ring (bicyclic) bond motifs is 1. The van der Waals surface area contributed by atoms with Crippen molar-refractivity contribution in [2.45, 2.75) is 44.9 Å². The van der Waals surface area contributed by atoms with Crippen molar-refractivity contribution in [1.82, 2.24) is 0 Å². The van der Waals surface area contributed by atoms with Gasteiger partial charge in [-0.25, -0.2) is 4.79 Å². The second-order valence-electron chi connectivity index (χ2n) is 6.30. The van der Waals surface area contributed by atoms with E-state index < -0.39 is 5.97 Å². The molecule has 1 fully saturated rings. The number of aryl methyl sites for hydroxylation is 1. The molecule has 2 aliphatic rings. The summed E-state index contributed by atoms with van der Waals surface area (Å²) in [6, 6.07) is 5.08. The summed E-state index contributed by atoms with van der Waals surface area (Å²) >= 11 is 0. The predicted molar refractivity (Wildman–Crippen MR) is 85.3 cm³/mol. The van der Waals surface area contributed by atoms with Gasteiger partial charge in [-0.3, -0.25) is 9.59 Å². The Kier molecular flexibility index (Phi) is 4.74. The fraction of sp³-hybridized carbons (Fsp3) is 0.500. The average molecular weight is 315 g/mol. The molecule has 3 rings (SSSR count). The molecular weight excluding hydrogens is 294 g/mol. The van der Waals surface area contributed by atoms with Crippen molar-refractivity contribution in [2.75, 3.05) is 11.9 Å². The van der Waals surface area contributed by atoms with E-state index in [1.807, 2.05) is 0 Å². The number of ketones is 1. The van der Waals surface area contributed by atoms with E-state index in [1.54, 1.807) is 18.2 Å². The number of carbonyl (C=O) groups excluding carboxylic acids is 3. The Morgan fingerprint density at radius 3 is 2.70 bits per heavy atom. The first-order chi connectivity index (χ1) is 11.1. The molecular formula is C18H21NO4. The van der Waals surface area contributed by atoms with Gasteiger partial charge < -0.3 is 10.1 Å². The second-order valence-corrected chi connectivity index (χ2v) is 6.30. The number of esters is 1. The number of nitrogens with one attached hydrogen (secondary N) is 1. The zero-order valence-corrected chi connectivity index (χ0v) is 13.1. The maximum atomic E-state index is 12.1. The van der Waals surface area contributed by atoms with Gasteiger partial charge in [0.1, 0.15) is 0 Å². The van der Waals surface area contributed by atoms with Gasteiger partial charge in [-0.1, -0.05) is 19.3 Å². The topological polar surface area (TPSA) is 72.5 Å². The molecule has 1 aromatic carbocycles. The molecule has 1 aliphatic carbocycles. The van der Waals surface area contributed by atoms with Gasteiger partial charge in [0.05, 0.1) is 5.56 Å². The Labute approximate surface area is 135 Å². The first-order valence-corrected chi connectivity index (χ1v) is 8.26. The lowest BCUT2D eigenvalue weighted by molar-refractivity contribution is -0.127. The van der Waals surface area contributed by atoms with E-state index in [2.05, 4.69) is 5.32 Å². The monoisotopic (exact) mass is 315 g/mol. The fourth-order valence-electron chi connectivity index (χ4n) is 3.27. The zero-order valence-electron chi connectivity index (χ0n) is 13.1. The number of Topliss-reactive ketones (excluding diaryl/α,β-unsaturated/α-hetero) is 1. The summed E-state index contributed by atoms with van der Waals surface area (Å²) < 4.78 is 5.18. The molecule has 0 aromatic heterocycles. The summed E-state index contributed by atoms with van der Waals surface area (Å²) in [6.07, 6.45) is 6.22. The Bertz CT molecular complexity index is 632. The van der Waals surface area contributed by atoms with E-state index in [0.717, 1.165) is 36.9 Å². The number of hydrogen-bond donors (Lipinski definition) is 1. The molecule has 0 saturated heterocycles. The van der Waals surface area contributed by atoms with Crippen molar-refractivity contribution < 1.29 is 19.1 Å². The number of hydrogen-bond acceptors (Lipinski definition) is 4. The summed E-state index contributed by atoms with van der Waals surface area (Å²) in [4.78, 5) is 35.5. The van der Waals surface area contributed by atoms with Crippen LogP contribution in [0.5, 0.6) is 0 Å². The Morgan fingerprint density at radius 1 is 1.13 bits per heavy atom. The predicted octanol–water partition coefficient (Wildman–Crippen LogP) is 2.88. The average Bonchev–Trinajstić information content (AvgIpc) is 2.59. The van der Waals surface area contributed by atoms with E-state index in [0.29, 0.717) is 18.4 Å². The lowest BCUT2D eigenvalue weighted by atomic mass is 9.86. The van der Waals surface area contributed by atoms with Crippen LogP contribution in [0.2, 0.25) is 0 Å². The number of carbonyl (C=O) groups is 3. The highest BCUT2D eigenvalue weighted by atomic mass is 16.5. The van der Waals surface area contributed by atoms with Crippen molar-refractivity contribution >= 4 is 23.3 Å². The van der Waals surface area contributed by atoms with E-state index in [9.17, 15) is 14.4 Å². The van der Waals surface area contributed by atoms with Gasteiger partial charge >= 0.3 is 5.97 Å². The first kappa shape index (κ1) is 15.7. The van der Waals surface area contributed by atoms with Crippen LogP contribution >= 0.6 is 0 Å². The van der Waals surface area contributed by atoms with Crippen LogP contribution in [0.1, 0.15) is 54.4 Å². The number of rotatable bonds is 4. The highest BCUT2D eigenvalue weighted by Crippen LogP contribution is 2.25. The molecule has 1 aromatic rings. The lowest BCUT2D eigenvalue weighted by Crippen LogP contribution is -2.24. The Hall–Kier alpha value is -2.17. The van der Waals surface area contributed by atoms with Crippen LogP contribution in [0.3, 0.4) is 0 Å². The maximum Gasteiger partial charge on any atom is 0.338 e. The van der Waals surface area contributed by atoms with E-state index in [-0.39, 0.29) is 24.2 Å². The summed E-state index contributed by atoms with van der Waals surface area (Å²) in [6.45, 7) is -0.142. The SMILES string of the molecule is O=C1CCc2cc(C(=O)OCC(=O)C3CCCCC3)ccc2N1. The van der Waals surface area contributed by atoms with Crippen LogP contribution in [-0.4, -0.2) is 24.3 Å². The molecule has 0 spiro atoms. The molecule has 1 amide bonds. The minimum absolute atomic E-state index is 0.00842. The third-order valence-corrected chi connectivity index (χ3v) is 4.64. The van der Waals surface area contributed by atoms with Gasteiger partial charge in [0.15, 0.2) is 12.4 Å². The fourth-order valence-corrected chi connectivity index (χ4v) is 3.27. The van der Waals surface area contributed by atoms with Crippen molar-refractivity contribution in [3.8, 4) is 0 Å². The second kappa shape index (κ2) is 6.94. The number of ether oxygens (including phenoxy) is 1. The molecule has 0 bridgehead atoms. The summed E-state index contributed by atoms with van der Waals surface area (Å²) in [5, 5.41) is 2.77. The van der Waals surface area contributed by atoms with E-state index in [4.69, 9.17) is 4.74 Å². The summed E-state index contributed by atoms with van der Waals surface area (Å²) in [7, 11) is 0. The first-order valence-electron chi connectivity index (χ1n) is 8.26. The van der Waals surface area contributed by atoms with Crippen molar-refractivity contribution in [2.24, 2.45) is 5.92 Å². The number of amides is 1. The van der Waals surface area contributed by atoms with Crippen LogP contribution in [-0.2, 0) is 20.7 Å². The molecule has 0 radical (unpaired) electrons. The van der Waals surface area contributed by atoms with Crippen molar-refractivity contribution in [1.29, 1.82) is 0 Å². The maximum absolute atomic E-state index is 12.1. The van der Waals surface area contributed by atoms with Gasteiger partial charge in [-0.2, -0.15) is 0 Å². The molecule has 0 atom stereocenters. The normalized spacial score (nSPS) is 18.0. The van der Waals surface area contributed by atoms with Crippen LogP contribution in [0, 0.1) is 5.92 Å². The van der Waals surface area contributed by atoms with Crippen molar-refractivity contribution in [3.63, 3.8) is 0 Å². The molecule has 122 valence electrons. The minimum Gasteiger partial charge on any atom is -0.454 e. The quantitative estimate of drug-likeness (QED) is 0.867. The molecule has 5 heteroatoms. The largest absolute Gasteiger partial charge is 0.454 e. The van der Waals surface area contributed by atoms with Gasteiger partial charge in [0, 0.05) is 18.0 Å². The zero-order chi connectivity index (χ0) is 16.2. The molecule has 0 unspecified atom stereocenters. The Balaban J connectivity index is 1.58. The molecule has 5 nitrogen and oxygen atoms in total. The molecule has 1 saturated carbocycles. The standard InChI is InChI=1S/C18H21NO4/c20-16(12-4-2-1-3-5-12)11-23-18(22)14-6-8-15-13(10-14)7-9-17(21)19-15/h6,8,10,12H,1-5,7,9,11H2,(H,19,21). The Morgan fingerprint density at radius 2 is 1.91 bits per heavy atom. The van der Waals surface area contributed by atoms with E-state index in [1.165, 1.54) is 6.42 Å². The third kappa shape index (κ3) is 3.78. The molecule has 1 aliphatic heterocycles. The van der Waals surface area contributed by atoms with Crippen LogP contribution in [0.25, 0.3) is 0 Å². The highest BCUT2D eigenvalue weighted by molar-refractivity contribution is 5.96. The number of benzene rings is 1. The van der Waals surface area contributed by atoms with Gasteiger partial charge in [0.25, 0.3) is 0 Å². The van der Waals surface area contributed by atoms with E-state index >= 15 is 0 Å². The highest BCUT2D eigenvalue weighted by Gasteiger charge is 2.23. The third-order valence-electron chi connectivity index (χ3n) is 4.64. The van der Waals surface area contributed by atoms with Crippen LogP contribution in [0.4, 0.5) is 5.69 Å². The number of anilines is 1. The smallest absolute Gasteiger partial charge is 0.338 e. The summed E-state index contributed by atoms with van der Waals surface area (Å²) in [5.41, 5.74) is 2.10. The van der Waals surface area contributed by atoms with Gasteiger partial charge in [0.2, 0.25) is 5.91 Å². The van der Waals surface area contributed by atoms with Crippen LogP contribution in [0.15, 0.2) is 18.2 Å². The van der Waals surface area contributed by atoms with Gasteiger partial charge in [-0.05, 0) is 43.0 Å². The van der Waals surface area contributed by atoms with Gasteiger partial charge in [-0.15, -0.1) is 0 Å².